The van der Waals surface area contributed by atoms with Crippen molar-refractivity contribution in [3.63, 3.8) is 0 Å². The number of carbonyl (C=O) groups is 1. The summed E-state index contributed by atoms with van der Waals surface area (Å²) in [6, 6.07) is 17.9. The molecule has 3 rings (SSSR count). The molecule has 0 aliphatic heterocycles. The molecule has 3 nitrogen and oxygen atoms in total. The van der Waals surface area contributed by atoms with Crippen LogP contribution >= 0.6 is 22.9 Å². The maximum atomic E-state index is 12.4. The number of amides is 1. The largest absolute Gasteiger partial charge is 0.300 e. The van der Waals surface area contributed by atoms with E-state index in [0.717, 1.165) is 23.2 Å². The summed E-state index contributed by atoms with van der Waals surface area (Å²) in [5, 5.41) is 4.60. The molecule has 0 saturated carbocycles. The Morgan fingerprint density at radius 1 is 1.07 bits per heavy atom. The summed E-state index contributed by atoms with van der Waals surface area (Å²) in [5.41, 5.74) is 4.05. The van der Waals surface area contributed by atoms with Crippen LogP contribution in [0.3, 0.4) is 0 Å². The molecule has 0 aliphatic carbocycles. The average molecular weight is 413 g/mol. The van der Waals surface area contributed by atoms with E-state index in [2.05, 4.69) is 41.5 Å². The van der Waals surface area contributed by atoms with Gasteiger partial charge < -0.3 is 5.32 Å². The van der Waals surface area contributed by atoms with Gasteiger partial charge in [0.15, 0.2) is 5.13 Å². The number of aryl methyl sites for hydroxylation is 1. The van der Waals surface area contributed by atoms with E-state index in [0.29, 0.717) is 5.13 Å². The number of nitrogens with one attached hydrogen (secondary N) is 1. The van der Waals surface area contributed by atoms with Gasteiger partial charge in [0.2, 0.25) is 5.91 Å². The van der Waals surface area contributed by atoms with Gasteiger partial charge in [-0.3, -0.25) is 4.79 Å². The lowest BCUT2D eigenvalue weighted by atomic mass is 10.0. The zero-order chi connectivity index (χ0) is 19.8. The highest BCUT2D eigenvalue weighted by Gasteiger charge is 2.18. The van der Waals surface area contributed by atoms with Gasteiger partial charge in [-0.2, -0.15) is 0 Å². The summed E-state index contributed by atoms with van der Waals surface area (Å²) in [5.74, 6) is -0.267. The highest BCUT2D eigenvalue weighted by atomic mass is 35.5. The quantitative estimate of drug-likeness (QED) is 0.308. The van der Waals surface area contributed by atoms with Gasteiger partial charge in [0, 0.05) is 10.9 Å². The molecule has 1 N–H and O–H groups in total. The monoisotopic (exact) mass is 412 g/mol. The van der Waals surface area contributed by atoms with E-state index in [9.17, 15) is 4.79 Å². The maximum Gasteiger partial charge on any atom is 0.248 e. The van der Waals surface area contributed by atoms with Crippen LogP contribution in [0, 0.1) is 0 Å². The third-order valence-corrected chi connectivity index (χ3v) is 5.83. The summed E-state index contributed by atoms with van der Waals surface area (Å²) >= 11 is 7.68. The van der Waals surface area contributed by atoms with E-state index in [1.165, 1.54) is 42.6 Å². The van der Waals surface area contributed by atoms with Gasteiger partial charge in [0.25, 0.3) is 0 Å². The molecule has 1 atom stereocenters. The van der Waals surface area contributed by atoms with Crippen LogP contribution in [0.25, 0.3) is 11.3 Å². The van der Waals surface area contributed by atoms with Crippen molar-refractivity contribution >= 4 is 34.0 Å². The second kappa shape index (κ2) is 10.4. The maximum absolute atomic E-state index is 12.4. The van der Waals surface area contributed by atoms with Crippen LogP contribution in [0.5, 0.6) is 0 Å². The van der Waals surface area contributed by atoms with Crippen LogP contribution in [0.2, 0.25) is 0 Å². The van der Waals surface area contributed by atoms with E-state index in [1.807, 2.05) is 35.7 Å². The number of aromatic nitrogens is 1. The number of unbranched alkanes of at least 4 members (excludes halogenated alkanes) is 3. The normalized spacial score (nSPS) is 11.9. The fraction of sp³-hybridized carbons (Fsp3) is 0.304. The third kappa shape index (κ3) is 5.66. The molecule has 0 aliphatic rings. The fourth-order valence-corrected chi connectivity index (χ4v) is 3.93. The van der Waals surface area contributed by atoms with Gasteiger partial charge in [-0.15, -0.1) is 22.9 Å². The first-order valence-electron chi connectivity index (χ1n) is 9.72. The van der Waals surface area contributed by atoms with Crippen molar-refractivity contribution in [3.8, 4) is 11.3 Å². The molecule has 3 aromatic rings. The predicted molar refractivity (Wildman–Crippen MR) is 119 cm³/mol. The Morgan fingerprint density at radius 3 is 2.54 bits per heavy atom. The smallest absolute Gasteiger partial charge is 0.248 e. The summed E-state index contributed by atoms with van der Waals surface area (Å²) < 4.78 is 0. The second-order valence-electron chi connectivity index (χ2n) is 6.81. The fourth-order valence-electron chi connectivity index (χ4n) is 3.00. The Morgan fingerprint density at radius 2 is 1.82 bits per heavy atom. The summed E-state index contributed by atoms with van der Waals surface area (Å²) in [6.45, 7) is 2.23. The summed E-state index contributed by atoms with van der Waals surface area (Å²) in [7, 11) is 0. The topological polar surface area (TPSA) is 42.0 Å². The van der Waals surface area contributed by atoms with Crippen LogP contribution < -0.4 is 5.32 Å². The molecule has 0 saturated heterocycles. The molecule has 1 amide bonds. The van der Waals surface area contributed by atoms with E-state index < -0.39 is 5.38 Å². The lowest BCUT2D eigenvalue weighted by Crippen LogP contribution is -2.17. The van der Waals surface area contributed by atoms with Crippen molar-refractivity contribution in [1.82, 2.24) is 4.98 Å². The lowest BCUT2D eigenvalue weighted by Gasteiger charge is -2.08. The molecule has 0 bridgehead atoms. The minimum absolute atomic E-state index is 0.267. The molecule has 0 radical (unpaired) electrons. The van der Waals surface area contributed by atoms with E-state index in [1.54, 1.807) is 0 Å². The zero-order valence-electron chi connectivity index (χ0n) is 16.0. The van der Waals surface area contributed by atoms with Crippen LogP contribution in [0.4, 0.5) is 5.13 Å². The molecule has 0 unspecified atom stereocenters. The molecule has 0 spiro atoms. The molecular weight excluding hydrogens is 388 g/mol. The number of hydrogen-bond donors (Lipinski definition) is 1. The van der Waals surface area contributed by atoms with Crippen molar-refractivity contribution in [3.05, 3.63) is 71.1 Å². The van der Waals surface area contributed by atoms with Crippen molar-refractivity contribution in [2.45, 2.75) is 44.4 Å². The van der Waals surface area contributed by atoms with Gasteiger partial charge in [-0.25, -0.2) is 4.98 Å². The van der Waals surface area contributed by atoms with Gasteiger partial charge in [-0.1, -0.05) is 80.8 Å². The molecule has 1 aromatic heterocycles. The number of halogens is 1. The first-order valence-corrected chi connectivity index (χ1v) is 11.0. The van der Waals surface area contributed by atoms with Gasteiger partial charge >= 0.3 is 0 Å². The Labute approximate surface area is 175 Å². The SMILES string of the molecule is CCCCCCc1ccc(-c2csc(NC(=O)[C@@H](Cl)c3ccccc3)n2)cc1. The number of benzene rings is 2. The van der Waals surface area contributed by atoms with E-state index >= 15 is 0 Å². The Balaban J connectivity index is 1.58. The molecule has 5 heteroatoms. The number of thiazole rings is 1. The number of hydrogen-bond acceptors (Lipinski definition) is 3. The van der Waals surface area contributed by atoms with Crippen molar-refractivity contribution in [2.24, 2.45) is 0 Å². The Bertz CT molecular complexity index is 877. The first kappa shape index (κ1) is 20.6. The van der Waals surface area contributed by atoms with Crippen LogP contribution in [-0.4, -0.2) is 10.9 Å². The van der Waals surface area contributed by atoms with Gasteiger partial charge in [-0.05, 0) is 24.0 Å². The van der Waals surface area contributed by atoms with E-state index in [4.69, 9.17) is 11.6 Å². The average Bonchev–Trinajstić information content (AvgIpc) is 3.20. The first-order chi connectivity index (χ1) is 13.7. The highest BCUT2D eigenvalue weighted by Crippen LogP contribution is 2.27. The number of alkyl halides is 1. The standard InChI is InChI=1S/C23H25ClN2OS/c1-2-3-4-6-9-17-12-14-18(15-13-17)20-16-28-23(25-20)26-22(27)21(24)19-10-7-5-8-11-19/h5,7-8,10-16,21H,2-4,6,9H2,1H3,(H,25,26,27)/t21-/m0/s1. The number of carbonyl (C=O) groups excluding carboxylic acids is 1. The van der Waals surface area contributed by atoms with Crippen molar-refractivity contribution < 1.29 is 4.79 Å². The molecule has 2 aromatic carbocycles. The van der Waals surface area contributed by atoms with Gasteiger partial charge in [0.05, 0.1) is 5.69 Å². The number of rotatable bonds is 9. The van der Waals surface area contributed by atoms with Crippen LogP contribution in [-0.2, 0) is 11.2 Å². The summed E-state index contributed by atoms with van der Waals surface area (Å²) in [6.07, 6.45) is 6.21. The second-order valence-corrected chi connectivity index (χ2v) is 8.10. The van der Waals surface area contributed by atoms with Gasteiger partial charge in [0.1, 0.15) is 5.38 Å². The summed E-state index contributed by atoms with van der Waals surface area (Å²) in [4.78, 5) is 16.9. The predicted octanol–water partition coefficient (Wildman–Crippen LogP) is 6.85. The molecule has 0 fully saturated rings. The van der Waals surface area contributed by atoms with Crippen LogP contribution in [0.15, 0.2) is 60.0 Å². The lowest BCUT2D eigenvalue weighted by molar-refractivity contribution is -0.116. The minimum atomic E-state index is -0.736. The number of nitrogens with zero attached hydrogens (tertiary/aromatic N) is 1. The van der Waals surface area contributed by atoms with Crippen molar-refractivity contribution in [2.75, 3.05) is 5.32 Å². The molecular formula is C23H25ClN2OS. The minimum Gasteiger partial charge on any atom is -0.300 e. The number of anilines is 1. The molecule has 28 heavy (non-hydrogen) atoms. The zero-order valence-corrected chi connectivity index (χ0v) is 17.6. The van der Waals surface area contributed by atoms with E-state index in [-0.39, 0.29) is 5.91 Å². The van der Waals surface area contributed by atoms with Crippen molar-refractivity contribution in [1.29, 1.82) is 0 Å². The Hall–Kier alpha value is -2.17. The van der Waals surface area contributed by atoms with Crippen LogP contribution in [0.1, 0.15) is 49.1 Å². The Kier molecular flexibility index (Phi) is 7.63. The third-order valence-electron chi connectivity index (χ3n) is 4.63. The highest BCUT2D eigenvalue weighted by molar-refractivity contribution is 7.14. The molecule has 1 heterocycles. The molecule has 146 valence electrons.